The van der Waals surface area contributed by atoms with Crippen molar-refractivity contribution in [3.63, 3.8) is 0 Å². The quantitative estimate of drug-likeness (QED) is 0.495. The van der Waals surface area contributed by atoms with E-state index in [1.165, 1.54) is 6.20 Å². The monoisotopic (exact) mass is 408 g/mol. The highest BCUT2D eigenvalue weighted by Gasteiger charge is 2.18. The Morgan fingerprint density at radius 2 is 1.80 bits per heavy atom. The number of primary amides is 1. The normalized spacial score (nSPS) is 10.8. The highest BCUT2D eigenvalue weighted by molar-refractivity contribution is 6.08. The summed E-state index contributed by atoms with van der Waals surface area (Å²) >= 11 is 0. The average molecular weight is 409 g/mol. The Labute approximate surface area is 176 Å². The zero-order chi connectivity index (χ0) is 21.7. The number of ether oxygens (including phenoxy) is 2. The number of amides is 1. The van der Waals surface area contributed by atoms with Gasteiger partial charge < -0.3 is 26.3 Å². The molecule has 1 aromatic heterocycles. The van der Waals surface area contributed by atoms with Gasteiger partial charge in [-0.2, -0.15) is 0 Å². The minimum atomic E-state index is -0.563. The van der Waals surface area contributed by atoms with Crippen LogP contribution in [0.2, 0.25) is 0 Å². The van der Waals surface area contributed by atoms with Gasteiger partial charge in [-0.25, -0.2) is 0 Å². The van der Waals surface area contributed by atoms with Crippen molar-refractivity contribution < 1.29 is 14.3 Å². The average Bonchev–Trinajstić information content (AvgIpc) is 2.74. The van der Waals surface area contributed by atoms with Crippen molar-refractivity contribution in [1.29, 1.82) is 0 Å². The van der Waals surface area contributed by atoms with Crippen molar-refractivity contribution in [3.05, 3.63) is 53.2 Å². The second-order valence-corrected chi connectivity index (χ2v) is 6.72. The summed E-state index contributed by atoms with van der Waals surface area (Å²) in [6, 6.07) is 9.56. The molecule has 0 radical (unpaired) electrons. The van der Waals surface area contributed by atoms with Crippen LogP contribution in [-0.2, 0) is 13.0 Å². The molecule has 0 fully saturated rings. The molecule has 0 aliphatic rings. The van der Waals surface area contributed by atoms with Gasteiger partial charge in [-0.1, -0.05) is 19.1 Å². The Morgan fingerprint density at radius 1 is 1.10 bits per heavy atom. The second-order valence-electron chi connectivity index (χ2n) is 6.72. The fourth-order valence-corrected chi connectivity index (χ4v) is 3.55. The Bertz CT molecular complexity index is 1070. The number of nitrogens with two attached hydrogens (primary N) is 2. The third-order valence-corrected chi connectivity index (χ3v) is 4.90. The van der Waals surface area contributed by atoms with Gasteiger partial charge >= 0.3 is 0 Å². The van der Waals surface area contributed by atoms with Crippen LogP contribution in [0.5, 0.6) is 11.5 Å². The summed E-state index contributed by atoms with van der Waals surface area (Å²) in [6.45, 7) is 7.30. The number of anilines is 2. The van der Waals surface area contributed by atoms with Crippen molar-refractivity contribution in [2.75, 3.05) is 18.5 Å². The van der Waals surface area contributed by atoms with Gasteiger partial charge in [0.25, 0.3) is 5.91 Å². The van der Waals surface area contributed by atoms with Gasteiger partial charge in [0, 0.05) is 29.9 Å². The maximum atomic E-state index is 12.2. The molecule has 0 unspecified atom stereocenters. The number of hydrogen-bond acceptors (Lipinski definition) is 6. The molecule has 1 amide bonds. The molecule has 30 heavy (non-hydrogen) atoms. The summed E-state index contributed by atoms with van der Waals surface area (Å²) in [5.41, 5.74) is 16.2. The highest BCUT2D eigenvalue weighted by Crippen LogP contribution is 2.38. The standard InChI is InChI=1S/C23H28N4O3/c1-4-15-14(12-24)8-7-9-18(15)27-22-16-10-20(29-5-2)21(30-6-3)11-19(16)26-13-17(22)23(25)28/h7-11,13H,4-6,12,24H2,1-3H3,(H2,25,28)(H,26,27). The predicted octanol–water partition coefficient (Wildman–Crippen LogP) is 3.90. The van der Waals surface area contributed by atoms with E-state index in [2.05, 4.69) is 17.2 Å². The predicted molar refractivity (Wildman–Crippen MR) is 120 cm³/mol. The van der Waals surface area contributed by atoms with Crippen LogP contribution in [0.1, 0.15) is 42.3 Å². The van der Waals surface area contributed by atoms with E-state index in [1.54, 1.807) is 0 Å². The number of nitrogens with one attached hydrogen (secondary N) is 1. The number of rotatable bonds is 9. The largest absolute Gasteiger partial charge is 0.490 e. The summed E-state index contributed by atoms with van der Waals surface area (Å²) in [6.07, 6.45) is 2.28. The number of hydrogen-bond donors (Lipinski definition) is 3. The van der Waals surface area contributed by atoms with Gasteiger partial charge in [0.1, 0.15) is 0 Å². The molecule has 5 N–H and O–H groups in total. The molecule has 0 aliphatic carbocycles. The maximum absolute atomic E-state index is 12.2. The van der Waals surface area contributed by atoms with Crippen LogP contribution >= 0.6 is 0 Å². The fourth-order valence-electron chi connectivity index (χ4n) is 3.55. The van der Waals surface area contributed by atoms with E-state index in [4.69, 9.17) is 20.9 Å². The molecule has 3 rings (SSSR count). The van der Waals surface area contributed by atoms with Gasteiger partial charge in [0.15, 0.2) is 11.5 Å². The SMILES string of the molecule is CCOc1cc2ncc(C(N)=O)c(Nc3cccc(CN)c3CC)c2cc1OCC. The molecule has 1 heterocycles. The molecule has 3 aromatic rings. The first-order chi connectivity index (χ1) is 14.5. The van der Waals surface area contributed by atoms with Crippen LogP contribution in [0.3, 0.4) is 0 Å². The number of nitrogens with zero attached hydrogens (tertiary/aromatic N) is 1. The minimum Gasteiger partial charge on any atom is -0.490 e. The molecule has 0 bridgehead atoms. The number of pyridine rings is 1. The van der Waals surface area contributed by atoms with Gasteiger partial charge in [0.2, 0.25) is 0 Å². The lowest BCUT2D eigenvalue weighted by Gasteiger charge is -2.19. The molecule has 0 atom stereocenters. The number of carbonyl (C=O) groups is 1. The summed E-state index contributed by atoms with van der Waals surface area (Å²) in [4.78, 5) is 16.6. The summed E-state index contributed by atoms with van der Waals surface area (Å²) in [5.74, 6) is 0.632. The van der Waals surface area contributed by atoms with E-state index in [9.17, 15) is 4.79 Å². The van der Waals surface area contributed by atoms with Crippen LogP contribution < -0.4 is 26.3 Å². The maximum Gasteiger partial charge on any atom is 0.252 e. The second kappa shape index (κ2) is 9.45. The third-order valence-electron chi connectivity index (χ3n) is 4.90. The minimum absolute atomic E-state index is 0.300. The molecule has 0 saturated heterocycles. The molecule has 7 heteroatoms. The summed E-state index contributed by atoms with van der Waals surface area (Å²) in [7, 11) is 0. The molecule has 158 valence electrons. The Hall–Kier alpha value is -3.32. The number of aromatic nitrogens is 1. The van der Waals surface area contributed by atoms with Gasteiger partial charge in [-0.3, -0.25) is 9.78 Å². The number of benzene rings is 2. The fraction of sp³-hybridized carbons (Fsp3) is 0.304. The summed E-state index contributed by atoms with van der Waals surface area (Å²) < 4.78 is 11.5. The van der Waals surface area contributed by atoms with Gasteiger partial charge in [0.05, 0.1) is 30.0 Å². The van der Waals surface area contributed by atoms with Crippen molar-refractivity contribution in [3.8, 4) is 11.5 Å². The first-order valence-electron chi connectivity index (χ1n) is 10.1. The van der Waals surface area contributed by atoms with Crippen LogP contribution in [0.25, 0.3) is 10.9 Å². The summed E-state index contributed by atoms with van der Waals surface area (Å²) in [5, 5.41) is 4.14. The number of carbonyl (C=O) groups excluding carboxylic acids is 1. The van der Waals surface area contributed by atoms with E-state index >= 15 is 0 Å². The first-order valence-corrected chi connectivity index (χ1v) is 10.1. The van der Waals surface area contributed by atoms with Gasteiger partial charge in [-0.15, -0.1) is 0 Å². The Balaban J connectivity index is 2.24. The van der Waals surface area contributed by atoms with E-state index in [1.807, 2.05) is 44.2 Å². The number of fused-ring (bicyclic) bond motifs is 1. The van der Waals surface area contributed by atoms with E-state index in [0.717, 1.165) is 28.6 Å². The Morgan fingerprint density at radius 3 is 2.40 bits per heavy atom. The van der Waals surface area contributed by atoms with Crippen molar-refractivity contribution in [1.82, 2.24) is 4.98 Å². The van der Waals surface area contributed by atoms with Crippen molar-refractivity contribution in [2.24, 2.45) is 11.5 Å². The molecular formula is C23H28N4O3. The Kier molecular flexibility index (Phi) is 6.74. The highest BCUT2D eigenvalue weighted by atomic mass is 16.5. The van der Waals surface area contributed by atoms with Crippen molar-refractivity contribution in [2.45, 2.75) is 33.7 Å². The van der Waals surface area contributed by atoms with Crippen LogP contribution in [0, 0.1) is 0 Å². The van der Waals surface area contributed by atoms with E-state index < -0.39 is 5.91 Å². The lowest BCUT2D eigenvalue weighted by Crippen LogP contribution is -2.15. The lowest BCUT2D eigenvalue weighted by molar-refractivity contribution is 0.100. The molecule has 2 aromatic carbocycles. The van der Waals surface area contributed by atoms with Crippen LogP contribution in [0.15, 0.2) is 36.5 Å². The molecular weight excluding hydrogens is 380 g/mol. The smallest absolute Gasteiger partial charge is 0.252 e. The zero-order valence-electron chi connectivity index (χ0n) is 17.6. The van der Waals surface area contributed by atoms with E-state index in [-0.39, 0.29) is 0 Å². The topological polar surface area (TPSA) is 112 Å². The third kappa shape index (κ3) is 4.16. The van der Waals surface area contributed by atoms with Crippen LogP contribution in [0.4, 0.5) is 11.4 Å². The van der Waals surface area contributed by atoms with E-state index in [0.29, 0.717) is 48.0 Å². The molecule has 0 aliphatic heterocycles. The first kappa shape index (κ1) is 21.4. The zero-order valence-corrected chi connectivity index (χ0v) is 17.6. The lowest BCUT2D eigenvalue weighted by atomic mass is 10.0. The van der Waals surface area contributed by atoms with Gasteiger partial charge in [-0.05, 0) is 43.5 Å². The molecule has 0 saturated carbocycles. The molecule has 7 nitrogen and oxygen atoms in total. The van der Waals surface area contributed by atoms with Crippen LogP contribution in [-0.4, -0.2) is 24.1 Å². The molecule has 0 spiro atoms. The van der Waals surface area contributed by atoms with Crippen molar-refractivity contribution >= 4 is 28.2 Å².